The van der Waals surface area contributed by atoms with E-state index in [0.717, 1.165) is 0 Å². The summed E-state index contributed by atoms with van der Waals surface area (Å²) in [6.45, 7) is 11.1. The highest BCUT2D eigenvalue weighted by atomic mass is 31.2. The predicted octanol–water partition coefficient (Wildman–Crippen LogP) is 8.76. The first-order valence-corrected chi connectivity index (χ1v) is 20.5. The molecule has 0 spiro atoms. The summed E-state index contributed by atoms with van der Waals surface area (Å²) >= 11 is 0. The van der Waals surface area contributed by atoms with Gasteiger partial charge < -0.3 is 29.4 Å². The summed E-state index contributed by atoms with van der Waals surface area (Å²) in [6, 6.07) is 8.43. The zero-order valence-electron chi connectivity index (χ0n) is 26.6. The summed E-state index contributed by atoms with van der Waals surface area (Å²) in [5, 5.41) is -3.64. The van der Waals surface area contributed by atoms with Crippen molar-refractivity contribution in [3.63, 3.8) is 0 Å². The van der Waals surface area contributed by atoms with Gasteiger partial charge in [-0.2, -0.15) is 0 Å². The van der Waals surface area contributed by atoms with E-state index in [2.05, 4.69) is 0 Å². The summed E-state index contributed by atoms with van der Waals surface area (Å²) in [5.41, 5.74) is 0.942. The van der Waals surface area contributed by atoms with Gasteiger partial charge in [-0.25, -0.2) is 0 Å². The molecule has 2 rings (SSSR count). The molecule has 0 amide bonds. The maximum Gasteiger partial charge on any atom is 0.336 e. The monoisotopic (exact) mass is 662 g/mol. The Hall–Kier alpha value is -0.850. The van der Waals surface area contributed by atoms with E-state index in [9.17, 15) is 43.1 Å². The van der Waals surface area contributed by atoms with E-state index in [1.165, 1.54) is 0 Å². The minimum Gasteiger partial charge on any atom is -0.324 e. The lowest BCUT2D eigenvalue weighted by molar-refractivity contribution is 0.289. The molecule has 0 radical (unpaired) electrons. The molecule has 12 heteroatoms. The van der Waals surface area contributed by atoms with Crippen molar-refractivity contribution in [2.45, 2.75) is 134 Å². The molecule has 0 aliphatic carbocycles. The van der Waals surface area contributed by atoms with Gasteiger partial charge >= 0.3 is 22.8 Å². The van der Waals surface area contributed by atoms with E-state index in [1.54, 1.807) is 30.3 Å². The molecule has 246 valence electrons. The van der Waals surface area contributed by atoms with Crippen molar-refractivity contribution in [2.75, 3.05) is 0 Å². The van der Waals surface area contributed by atoms with Crippen LogP contribution in [0, 0.1) is 0 Å². The Labute approximate surface area is 257 Å². The molecular weight excluding hydrogens is 609 g/mol. The van der Waals surface area contributed by atoms with Crippen molar-refractivity contribution in [1.82, 2.24) is 0 Å². The molecule has 2 aromatic carbocycles. The second-order valence-electron chi connectivity index (χ2n) is 12.2. The first-order valence-electron chi connectivity index (χ1n) is 15.7. The Morgan fingerprint density at radius 2 is 0.767 bits per heavy atom. The van der Waals surface area contributed by atoms with E-state index in [1.807, 2.05) is 41.5 Å². The third-order valence-electron chi connectivity index (χ3n) is 9.17. The van der Waals surface area contributed by atoms with Crippen LogP contribution in [0.15, 0.2) is 30.3 Å². The first-order chi connectivity index (χ1) is 19.9. The molecule has 0 aliphatic heterocycles. The van der Waals surface area contributed by atoms with Gasteiger partial charge in [0.05, 0.1) is 15.5 Å². The molecule has 0 saturated heterocycles. The average molecular weight is 663 g/mol. The quantitative estimate of drug-likeness (QED) is 0.0853. The van der Waals surface area contributed by atoms with Crippen molar-refractivity contribution in [3.8, 4) is 0 Å². The highest BCUT2D eigenvalue weighted by Gasteiger charge is 2.54. The van der Waals surface area contributed by atoms with Crippen LogP contribution in [0.1, 0.15) is 135 Å². The van der Waals surface area contributed by atoms with E-state index in [-0.39, 0.29) is 49.7 Å². The standard InChI is InChI=1S/C31H53O9P3/c1-7-15-29(16-8-2,41(32,33)34)26-14-13-24-22-27(30(17-9-3,18-10-4)42(35,36)37)28(23-25(24)21-26)31(19-11-5,20-12-6)43(38,39)40/h13-14,21-23H,7-12,15-20H2,1-6H3,(H2,32,33,34)(H2,35,36,37)(H2,38,39,40). The second-order valence-corrected chi connectivity index (χ2v) is 18.0. The zero-order valence-corrected chi connectivity index (χ0v) is 29.3. The topological polar surface area (TPSA) is 173 Å². The maximum atomic E-state index is 13.5. The van der Waals surface area contributed by atoms with Crippen LogP contribution in [0.3, 0.4) is 0 Å². The van der Waals surface area contributed by atoms with Crippen molar-refractivity contribution >= 4 is 33.6 Å². The molecular formula is C31H53O9P3. The number of hydrogen-bond acceptors (Lipinski definition) is 3. The molecule has 9 nitrogen and oxygen atoms in total. The van der Waals surface area contributed by atoms with Crippen LogP contribution in [-0.4, -0.2) is 29.4 Å². The predicted molar refractivity (Wildman–Crippen MR) is 175 cm³/mol. The lowest BCUT2D eigenvalue weighted by Gasteiger charge is -2.42. The van der Waals surface area contributed by atoms with Crippen LogP contribution in [0.4, 0.5) is 0 Å². The minimum absolute atomic E-state index is 0.108. The van der Waals surface area contributed by atoms with Gasteiger partial charge in [0.1, 0.15) is 0 Å². The largest absolute Gasteiger partial charge is 0.336 e. The Balaban J connectivity index is 3.28. The lowest BCUT2D eigenvalue weighted by atomic mass is 9.77. The average Bonchev–Trinajstić information content (AvgIpc) is 2.89. The van der Waals surface area contributed by atoms with Gasteiger partial charge in [-0.1, -0.05) is 92.2 Å². The van der Waals surface area contributed by atoms with E-state index in [0.29, 0.717) is 54.9 Å². The van der Waals surface area contributed by atoms with Crippen LogP contribution in [0.5, 0.6) is 0 Å². The lowest BCUT2D eigenvalue weighted by Crippen LogP contribution is -2.34. The summed E-state index contributed by atoms with van der Waals surface area (Å²) in [4.78, 5) is 65.2. The van der Waals surface area contributed by atoms with Gasteiger partial charge in [0.2, 0.25) is 0 Å². The number of benzene rings is 2. The Bertz CT molecular complexity index is 1350. The molecule has 0 heterocycles. The van der Waals surface area contributed by atoms with E-state index in [4.69, 9.17) is 0 Å². The summed E-state index contributed by atoms with van der Waals surface area (Å²) in [5.74, 6) is 0. The Kier molecular flexibility index (Phi) is 13.1. The number of hydrogen-bond donors (Lipinski definition) is 6. The van der Waals surface area contributed by atoms with Crippen LogP contribution in [0.25, 0.3) is 10.8 Å². The molecule has 6 N–H and O–H groups in total. The highest BCUT2D eigenvalue weighted by molar-refractivity contribution is 7.54. The Morgan fingerprint density at radius 1 is 0.465 bits per heavy atom. The third-order valence-corrected chi connectivity index (χ3v) is 14.6. The molecule has 0 unspecified atom stereocenters. The first kappa shape index (κ1) is 38.3. The number of fused-ring (bicyclic) bond motifs is 1. The third kappa shape index (κ3) is 7.27. The molecule has 0 bridgehead atoms. The van der Waals surface area contributed by atoms with Gasteiger partial charge in [-0.15, -0.1) is 0 Å². The normalized spacial score (nSPS) is 14.0. The minimum atomic E-state index is -4.90. The molecule has 0 saturated carbocycles. The van der Waals surface area contributed by atoms with E-state index < -0.39 is 38.3 Å². The maximum absolute atomic E-state index is 13.5. The van der Waals surface area contributed by atoms with Crippen molar-refractivity contribution in [1.29, 1.82) is 0 Å². The van der Waals surface area contributed by atoms with Gasteiger partial charge in [0, 0.05) is 0 Å². The number of rotatable bonds is 18. The van der Waals surface area contributed by atoms with Gasteiger partial charge in [-0.05, 0) is 84.2 Å². The van der Waals surface area contributed by atoms with Crippen molar-refractivity contribution in [3.05, 3.63) is 47.0 Å². The fourth-order valence-corrected chi connectivity index (χ4v) is 12.0. The fraction of sp³-hybridized carbons (Fsp3) is 0.677. The van der Waals surface area contributed by atoms with Crippen LogP contribution in [0.2, 0.25) is 0 Å². The van der Waals surface area contributed by atoms with Crippen molar-refractivity contribution < 1.29 is 43.1 Å². The van der Waals surface area contributed by atoms with Gasteiger partial charge in [0.25, 0.3) is 0 Å². The van der Waals surface area contributed by atoms with Crippen LogP contribution < -0.4 is 0 Å². The fourth-order valence-electron chi connectivity index (χ4n) is 7.40. The SMILES string of the molecule is CCCC(CCC)(c1ccc2cc(C(CCC)(CCC)P(=O)(O)O)c(C(CCC)(CCC)P(=O)(O)O)cc2c1)P(=O)(O)O. The van der Waals surface area contributed by atoms with Crippen LogP contribution >= 0.6 is 22.8 Å². The molecule has 0 aromatic heterocycles. The molecule has 43 heavy (non-hydrogen) atoms. The molecule has 0 fully saturated rings. The van der Waals surface area contributed by atoms with Gasteiger partial charge in [-0.3, -0.25) is 13.7 Å². The molecule has 2 aromatic rings. The summed E-state index contributed by atoms with van der Waals surface area (Å²) in [7, 11) is -14.4. The van der Waals surface area contributed by atoms with Crippen LogP contribution in [-0.2, 0) is 29.2 Å². The van der Waals surface area contributed by atoms with Crippen molar-refractivity contribution in [2.24, 2.45) is 0 Å². The molecule has 0 aliphatic rings. The summed E-state index contributed by atoms with van der Waals surface area (Å²) < 4.78 is 40.1. The van der Waals surface area contributed by atoms with Gasteiger partial charge in [0.15, 0.2) is 0 Å². The molecule has 0 atom stereocenters. The summed E-state index contributed by atoms with van der Waals surface area (Å²) in [6.07, 6.45) is 3.84. The zero-order chi connectivity index (χ0) is 32.9. The smallest absolute Gasteiger partial charge is 0.324 e. The second kappa shape index (κ2) is 14.7. The van der Waals surface area contributed by atoms with E-state index >= 15 is 0 Å². The Morgan fingerprint density at radius 3 is 1.07 bits per heavy atom. The highest BCUT2D eigenvalue weighted by Crippen LogP contribution is 2.69.